The molecule has 3 aromatic heterocycles. The fourth-order valence-electron chi connectivity index (χ4n) is 3.33. The van der Waals surface area contributed by atoms with Crippen LogP contribution in [0.4, 0.5) is 14.7 Å². The van der Waals surface area contributed by atoms with E-state index in [1.807, 2.05) is 19.2 Å². The molecular weight excluding hydrogens is 336 g/mol. The lowest BCUT2D eigenvalue weighted by atomic mass is 10.0. The Morgan fingerprint density at radius 2 is 2.12 bits per heavy atom. The summed E-state index contributed by atoms with van der Waals surface area (Å²) in [7, 11) is 0. The summed E-state index contributed by atoms with van der Waals surface area (Å²) in [6, 6.07) is 1.49. The summed E-state index contributed by atoms with van der Waals surface area (Å²) in [5.41, 5.74) is 3.51. The number of halogens is 2. The molecule has 5 nitrogen and oxygen atoms in total. The maximum absolute atomic E-state index is 14.4. The van der Waals surface area contributed by atoms with Gasteiger partial charge in [-0.05, 0) is 31.4 Å². The summed E-state index contributed by atoms with van der Waals surface area (Å²) in [5, 5.41) is 2.98. The van der Waals surface area contributed by atoms with Crippen LogP contribution in [0.2, 0.25) is 0 Å². The molecule has 1 fully saturated rings. The van der Waals surface area contributed by atoms with Crippen molar-refractivity contribution >= 4 is 17.2 Å². The van der Waals surface area contributed by atoms with E-state index < -0.39 is 5.67 Å². The lowest BCUT2D eigenvalue weighted by Crippen LogP contribution is -2.18. The van der Waals surface area contributed by atoms with Gasteiger partial charge in [0.05, 0.1) is 12.2 Å². The number of rotatable bonds is 4. The highest BCUT2D eigenvalue weighted by atomic mass is 19.1. The van der Waals surface area contributed by atoms with Crippen molar-refractivity contribution in [2.45, 2.75) is 31.9 Å². The van der Waals surface area contributed by atoms with E-state index >= 15 is 0 Å². The monoisotopic (exact) mass is 353 g/mol. The third-order valence-electron chi connectivity index (χ3n) is 5.07. The Hall–Kier alpha value is -2.83. The van der Waals surface area contributed by atoms with E-state index in [1.54, 1.807) is 16.8 Å². The minimum Gasteiger partial charge on any atom is -0.351 e. The van der Waals surface area contributed by atoms with Gasteiger partial charge in [0, 0.05) is 41.8 Å². The molecule has 7 heteroatoms. The predicted molar refractivity (Wildman–Crippen MR) is 94.3 cm³/mol. The second-order valence-corrected chi connectivity index (χ2v) is 7.05. The molecule has 3 heterocycles. The number of hydrogen-bond donors (Lipinski definition) is 1. The third-order valence-corrected chi connectivity index (χ3v) is 5.07. The Morgan fingerprint density at radius 3 is 2.92 bits per heavy atom. The molecule has 0 atom stereocenters. The maximum Gasteiger partial charge on any atom is 0.223 e. The zero-order valence-corrected chi connectivity index (χ0v) is 14.3. The molecule has 26 heavy (non-hydrogen) atoms. The summed E-state index contributed by atoms with van der Waals surface area (Å²) in [6.07, 6.45) is 9.12. The van der Waals surface area contributed by atoms with Gasteiger partial charge in [-0.25, -0.2) is 23.7 Å². The van der Waals surface area contributed by atoms with Crippen LogP contribution in [0.3, 0.4) is 0 Å². The Bertz CT molecular complexity index is 1070. The predicted octanol–water partition coefficient (Wildman–Crippen LogP) is 3.47. The fraction of sp³-hybridized carbons (Fsp3) is 0.316. The van der Waals surface area contributed by atoms with E-state index in [4.69, 9.17) is 0 Å². The van der Waals surface area contributed by atoms with Gasteiger partial charge < -0.3 is 9.72 Å². The lowest BCUT2D eigenvalue weighted by Gasteiger charge is -2.10. The second-order valence-electron chi connectivity index (χ2n) is 7.05. The van der Waals surface area contributed by atoms with Crippen LogP contribution in [0, 0.1) is 12.7 Å². The highest BCUT2D eigenvalue weighted by Crippen LogP contribution is 2.39. The summed E-state index contributed by atoms with van der Waals surface area (Å²) >= 11 is 0. The normalized spacial score (nSPS) is 17.3. The number of pyridine rings is 1. The van der Waals surface area contributed by atoms with Gasteiger partial charge in [-0.15, -0.1) is 0 Å². The second kappa shape index (κ2) is 5.33. The van der Waals surface area contributed by atoms with Crippen molar-refractivity contribution in [3.8, 4) is 0 Å². The molecule has 1 N–H and O–H groups in total. The number of imidazole rings is 1. The van der Waals surface area contributed by atoms with Crippen molar-refractivity contribution in [2.75, 3.05) is 11.9 Å². The molecule has 0 spiro atoms. The average Bonchev–Trinajstić information content (AvgIpc) is 3.04. The van der Waals surface area contributed by atoms with Crippen LogP contribution in [0.25, 0.3) is 11.2 Å². The van der Waals surface area contributed by atoms with Crippen molar-refractivity contribution in [3.63, 3.8) is 0 Å². The quantitative estimate of drug-likeness (QED) is 0.780. The van der Waals surface area contributed by atoms with E-state index in [0.717, 1.165) is 28.1 Å². The van der Waals surface area contributed by atoms with Crippen LogP contribution in [-0.4, -0.2) is 31.6 Å². The average molecular weight is 353 g/mol. The van der Waals surface area contributed by atoms with E-state index in [0.29, 0.717) is 30.9 Å². The molecule has 2 aliphatic carbocycles. The Balaban J connectivity index is 1.47. The molecule has 0 bridgehead atoms. The van der Waals surface area contributed by atoms with Crippen molar-refractivity contribution in [3.05, 3.63) is 59.1 Å². The Labute approximate surface area is 148 Å². The van der Waals surface area contributed by atoms with E-state index in [1.165, 1.54) is 6.07 Å². The van der Waals surface area contributed by atoms with E-state index in [9.17, 15) is 8.78 Å². The molecule has 5 rings (SSSR count). The molecule has 0 aliphatic heterocycles. The van der Waals surface area contributed by atoms with E-state index in [-0.39, 0.29) is 12.4 Å². The summed E-state index contributed by atoms with van der Waals surface area (Å²) in [6.45, 7) is 2.13. The fourth-order valence-corrected chi connectivity index (χ4v) is 3.33. The molecule has 132 valence electrons. The minimum atomic E-state index is -1.10. The summed E-state index contributed by atoms with van der Waals surface area (Å²) in [4.78, 5) is 12.9. The van der Waals surface area contributed by atoms with Crippen LogP contribution in [0.1, 0.15) is 35.4 Å². The van der Waals surface area contributed by atoms with Gasteiger partial charge in [-0.3, -0.25) is 0 Å². The van der Waals surface area contributed by atoms with Gasteiger partial charge in [0.15, 0.2) is 11.5 Å². The molecule has 0 unspecified atom stereocenters. The van der Waals surface area contributed by atoms with Crippen molar-refractivity contribution < 1.29 is 8.78 Å². The number of anilines is 1. The number of fused-ring (bicyclic) bond motifs is 2. The lowest BCUT2D eigenvalue weighted by molar-refractivity contribution is 0.326. The van der Waals surface area contributed by atoms with Gasteiger partial charge in [-0.1, -0.05) is 6.08 Å². The number of nitrogens with zero attached hydrogens (tertiary/aromatic N) is 4. The number of allylic oxidation sites excluding steroid dienone is 1. The molecule has 3 aromatic rings. The summed E-state index contributed by atoms with van der Waals surface area (Å²) < 4.78 is 29.9. The number of alkyl halides is 1. The van der Waals surface area contributed by atoms with Crippen LogP contribution >= 0.6 is 0 Å². The number of nitrogens with one attached hydrogen (secondary N) is 1. The summed E-state index contributed by atoms with van der Waals surface area (Å²) in [5.74, 6) is 0.0799. The molecule has 1 saturated carbocycles. The Morgan fingerprint density at radius 1 is 1.27 bits per heavy atom. The number of aryl methyl sites for hydroxylation is 1. The third kappa shape index (κ3) is 2.46. The molecule has 0 radical (unpaired) electrons. The van der Waals surface area contributed by atoms with Gasteiger partial charge in [0.25, 0.3) is 0 Å². The number of aromatic nitrogens is 4. The minimum absolute atomic E-state index is 0.244. The molecule has 0 aromatic carbocycles. The molecule has 0 amide bonds. The zero-order chi connectivity index (χ0) is 17.9. The van der Waals surface area contributed by atoms with Crippen molar-refractivity contribution in [1.82, 2.24) is 19.4 Å². The molecule has 0 saturated heterocycles. The van der Waals surface area contributed by atoms with Crippen LogP contribution in [-0.2, 0) is 6.42 Å². The van der Waals surface area contributed by atoms with Gasteiger partial charge in [0.1, 0.15) is 5.67 Å². The molecule has 2 aliphatic rings. The first-order valence-corrected chi connectivity index (χ1v) is 8.65. The van der Waals surface area contributed by atoms with Crippen LogP contribution < -0.4 is 5.32 Å². The van der Waals surface area contributed by atoms with Crippen molar-refractivity contribution in [2.24, 2.45) is 0 Å². The largest absolute Gasteiger partial charge is 0.351 e. The van der Waals surface area contributed by atoms with Crippen molar-refractivity contribution in [1.29, 1.82) is 0 Å². The highest BCUT2D eigenvalue weighted by Gasteiger charge is 2.43. The van der Waals surface area contributed by atoms with Gasteiger partial charge in [-0.2, -0.15) is 0 Å². The zero-order valence-electron chi connectivity index (χ0n) is 14.3. The topological polar surface area (TPSA) is 55.1 Å². The first-order valence-electron chi connectivity index (χ1n) is 8.65. The standard InChI is InChI=1S/C19H17F2N5/c1-11-7-22-17-15(20)6-12(9-26(11)17)13-2-3-16-14(13)8-23-18(25-16)24-10-19(21)4-5-19/h2,6-9H,3-5,10H2,1H3,(H,23,24,25). The first kappa shape index (κ1) is 15.4. The van der Waals surface area contributed by atoms with E-state index in [2.05, 4.69) is 20.3 Å². The maximum atomic E-state index is 14.4. The number of hydrogen-bond acceptors (Lipinski definition) is 4. The molecular formula is C19H17F2N5. The smallest absolute Gasteiger partial charge is 0.223 e. The first-order chi connectivity index (χ1) is 12.5. The highest BCUT2D eigenvalue weighted by molar-refractivity contribution is 5.84. The SMILES string of the molecule is Cc1cnc2c(F)cc(C3=CCc4nc(NCC5(F)CC5)ncc43)cn12. The van der Waals surface area contributed by atoms with Crippen LogP contribution in [0.5, 0.6) is 0 Å². The Kier molecular flexibility index (Phi) is 3.16. The van der Waals surface area contributed by atoms with Gasteiger partial charge >= 0.3 is 0 Å². The van der Waals surface area contributed by atoms with Gasteiger partial charge in [0.2, 0.25) is 5.95 Å². The van der Waals surface area contributed by atoms with Crippen LogP contribution in [0.15, 0.2) is 30.7 Å².